The lowest BCUT2D eigenvalue weighted by atomic mass is 10.1. The number of benzene rings is 2. The van der Waals surface area contributed by atoms with Crippen molar-refractivity contribution < 1.29 is 9.31 Å². The van der Waals surface area contributed by atoms with E-state index in [4.69, 9.17) is 0 Å². The molecule has 0 saturated heterocycles. The highest BCUT2D eigenvalue weighted by Crippen LogP contribution is 2.31. The minimum absolute atomic E-state index is 0.103. The van der Waals surface area contributed by atoms with Crippen LogP contribution < -0.4 is 5.32 Å². The molecule has 21 heavy (non-hydrogen) atoms. The summed E-state index contributed by atoms with van der Waals surface area (Å²) in [6.45, 7) is 1.60. The first kappa shape index (κ1) is 13.5. The molecule has 108 valence electrons. The Morgan fingerprint density at radius 1 is 1.24 bits per heavy atom. The van der Waals surface area contributed by atoms with E-state index in [1.54, 1.807) is 6.92 Å². The molecule has 0 amide bonds. The van der Waals surface area contributed by atoms with Gasteiger partial charge in [0, 0.05) is 6.04 Å². The molecule has 0 saturated carbocycles. The highest BCUT2D eigenvalue weighted by Gasteiger charge is 2.24. The molecule has 0 fully saturated rings. The molecule has 0 radical (unpaired) electrons. The van der Waals surface area contributed by atoms with Crippen molar-refractivity contribution in [3.05, 3.63) is 69.0 Å². The Morgan fingerprint density at radius 2 is 1.86 bits per heavy atom. The fourth-order valence-corrected chi connectivity index (χ4v) is 2.82. The molecule has 0 unspecified atom stereocenters. The van der Waals surface area contributed by atoms with Crippen LogP contribution in [0.15, 0.2) is 36.4 Å². The Labute approximate surface area is 121 Å². The molecule has 1 aliphatic carbocycles. The van der Waals surface area contributed by atoms with Crippen LogP contribution in [-0.2, 0) is 12.8 Å². The van der Waals surface area contributed by atoms with Crippen LogP contribution in [0.4, 0.5) is 15.8 Å². The van der Waals surface area contributed by atoms with Gasteiger partial charge in [-0.25, -0.2) is 4.39 Å². The first-order chi connectivity index (χ1) is 10.0. The van der Waals surface area contributed by atoms with Crippen molar-refractivity contribution in [1.29, 1.82) is 0 Å². The van der Waals surface area contributed by atoms with Gasteiger partial charge in [0.15, 0.2) is 0 Å². The van der Waals surface area contributed by atoms with Gasteiger partial charge in [0.1, 0.15) is 11.5 Å². The summed E-state index contributed by atoms with van der Waals surface area (Å²) < 4.78 is 13.5. The van der Waals surface area contributed by atoms with Crippen molar-refractivity contribution in [1.82, 2.24) is 0 Å². The molecule has 0 heterocycles. The van der Waals surface area contributed by atoms with E-state index in [-0.39, 0.29) is 11.7 Å². The van der Waals surface area contributed by atoms with E-state index < -0.39 is 10.7 Å². The number of hydrogen-bond donors (Lipinski definition) is 1. The summed E-state index contributed by atoms with van der Waals surface area (Å²) in [5.41, 5.74) is 3.09. The fraction of sp³-hybridized carbons (Fsp3) is 0.250. The maximum Gasteiger partial charge on any atom is 0.295 e. The number of rotatable bonds is 3. The number of nitrogens with zero attached hydrogens (tertiary/aromatic N) is 1. The van der Waals surface area contributed by atoms with E-state index in [1.807, 2.05) is 12.1 Å². The highest BCUT2D eigenvalue weighted by molar-refractivity contribution is 5.64. The van der Waals surface area contributed by atoms with Gasteiger partial charge in [-0.2, -0.15) is 0 Å². The third-order valence-electron chi connectivity index (χ3n) is 3.88. The standard InChI is InChI=1S/C16H15FN2O2/c1-10-6-15(16(19(20)21)9-14(10)17)18-13-7-11-4-2-3-5-12(11)8-13/h2-6,9,13,18H,7-8H2,1H3. The van der Waals surface area contributed by atoms with Gasteiger partial charge in [-0.15, -0.1) is 0 Å². The van der Waals surface area contributed by atoms with Gasteiger partial charge in [0.25, 0.3) is 5.69 Å². The first-order valence-electron chi connectivity index (χ1n) is 6.82. The maximum absolute atomic E-state index is 13.5. The Kier molecular flexibility index (Phi) is 3.33. The van der Waals surface area contributed by atoms with Crippen LogP contribution in [0, 0.1) is 22.9 Å². The van der Waals surface area contributed by atoms with E-state index >= 15 is 0 Å². The van der Waals surface area contributed by atoms with Gasteiger partial charge in [-0.1, -0.05) is 24.3 Å². The lowest BCUT2D eigenvalue weighted by Crippen LogP contribution is -2.20. The number of fused-ring (bicyclic) bond motifs is 1. The van der Waals surface area contributed by atoms with Crippen LogP contribution in [0.25, 0.3) is 0 Å². The Bertz CT molecular complexity index is 690. The molecule has 0 aromatic heterocycles. The molecule has 0 spiro atoms. The van der Waals surface area contributed by atoms with Gasteiger partial charge in [-0.3, -0.25) is 10.1 Å². The summed E-state index contributed by atoms with van der Waals surface area (Å²) in [4.78, 5) is 10.5. The number of nitro benzene ring substituents is 1. The quantitative estimate of drug-likeness (QED) is 0.692. The summed E-state index contributed by atoms with van der Waals surface area (Å²) in [6, 6.07) is 10.7. The summed E-state index contributed by atoms with van der Waals surface area (Å²) >= 11 is 0. The monoisotopic (exact) mass is 286 g/mol. The molecule has 1 aliphatic rings. The van der Waals surface area contributed by atoms with Crippen molar-refractivity contribution in [3.63, 3.8) is 0 Å². The molecular weight excluding hydrogens is 271 g/mol. The Morgan fingerprint density at radius 3 is 2.43 bits per heavy atom. The number of anilines is 1. The molecule has 5 heteroatoms. The average molecular weight is 286 g/mol. The second-order valence-electron chi connectivity index (χ2n) is 5.39. The minimum atomic E-state index is -0.554. The van der Waals surface area contributed by atoms with Gasteiger partial charge < -0.3 is 5.32 Å². The third kappa shape index (κ3) is 2.59. The van der Waals surface area contributed by atoms with Gasteiger partial charge in [0.2, 0.25) is 0 Å². The highest BCUT2D eigenvalue weighted by atomic mass is 19.1. The molecule has 0 bridgehead atoms. The summed E-state index contributed by atoms with van der Waals surface area (Å²) in [7, 11) is 0. The zero-order valence-electron chi connectivity index (χ0n) is 11.6. The Hall–Kier alpha value is -2.43. The second-order valence-corrected chi connectivity index (χ2v) is 5.39. The maximum atomic E-state index is 13.5. The smallest absolute Gasteiger partial charge is 0.295 e. The minimum Gasteiger partial charge on any atom is -0.376 e. The van der Waals surface area contributed by atoms with Crippen LogP contribution in [0.1, 0.15) is 16.7 Å². The molecule has 3 rings (SSSR count). The topological polar surface area (TPSA) is 55.2 Å². The normalized spacial score (nSPS) is 14.0. The average Bonchev–Trinajstić information content (AvgIpc) is 2.84. The predicted molar refractivity (Wildman–Crippen MR) is 79.1 cm³/mol. The van der Waals surface area contributed by atoms with E-state index in [0.29, 0.717) is 11.3 Å². The summed E-state index contributed by atoms with van der Waals surface area (Å²) in [5.74, 6) is -0.554. The van der Waals surface area contributed by atoms with E-state index in [1.165, 1.54) is 17.2 Å². The predicted octanol–water partition coefficient (Wildman–Crippen LogP) is 3.62. The molecular formula is C16H15FN2O2. The zero-order chi connectivity index (χ0) is 15.0. The number of nitro groups is 1. The zero-order valence-corrected chi connectivity index (χ0v) is 11.6. The number of halogens is 1. The van der Waals surface area contributed by atoms with E-state index in [9.17, 15) is 14.5 Å². The van der Waals surface area contributed by atoms with Crippen molar-refractivity contribution in [2.45, 2.75) is 25.8 Å². The van der Waals surface area contributed by atoms with E-state index in [2.05, 4.69) is 17.4 Å². The van der Waals surface area contributed by atoms with Crippen molar-refractivity contribution >= 4 is 11.4 Å². The van der Waals surface area contributed by atoms with Crippen LogP contribution in [0.3, 0.4) is 0 Å². The van der Waals surface area contributed by atoms with Crippen molar-refractivity contribution in [2.75, 3.05) is 5.32 Å². The Balaban J connectivity index is 1.86. The molecule has 2 aromatic rings. The summed E-state index contributed by atoms with van der Waals surface area (Å²) in [5, 5.41) is 14.3. The number of nitrogens with one attached hydrogen (secondary N) is 1. The van der Waals surface area contributed by atoms with Crippen LogP contribution in [0.2, 0.25) is 0 Å². The van der Waals surface area contributed by atoms with Gasteiger partial charge in [-0.05, 0) is 42.5 Å². The van der Waals surface area contributed by atoms with Crippen LogP contribution in [0.5, 0.6) is 0 Å². The molecule has 2 aromatic carbocycles. The number of aryl methyl sites for hydroxylation is 1. The molecule has 1 N–H and O–H groups in total. The van der Waals surface area contributed by atoms with Crippen LogP contribution >= 0.6 is 0 Å². The molecule has 0 atom stereocenters. The van der Waals surface area contributed by atoms with Gasteiger partial charge in [0.05, 0.1) is 11.0 Å². The van der Waals surface area contributed by atoms with Crippen molar-refractivity contribution in [3.8, 4) is 0 Å². The SMILES string of the molecule is Cc1cc(NC2Cc3ccccc3C2)c([N+](=O)[O-])cc1F. The second kappa shape index (κ2) is 5.16. The summed E-state index contributed by atoms with van der Waals surface area (Å²) in [6.07, 6.45) is 1.65. The van der Waals surface area contributed by atoms with E-state index in [0.717, 1.165) is 18.9 Å². The lowest BCUT2D eigenvalue weighted by Gasteiger charge is -2.14. The first-order valence-corrected chi connectivity index (χ1v) is 6.82. The molecule has 0 aliphatic heterocycles. The third-order valence-corrected chi connectivity index (χ3v) is 3.88. The van der Waals surface area contributed by atoms with Gasteiger partial charge >= 0.3 is 0 Å². The van der Waals surface area contributed by atoms with Crippen molar-refractivity contribution in [2.24, 2.45) is 0 Å². The molecule has 4 nitrogen and oxygen atoms in total. The fourth-order valence-electron chi connectivity index (χ4n) is 2.82. The largest absolute Gasteiger partial charge is 0.376 e. The lowest BCUT2D eigenvalue weighted by molar-refractivity contribution is -0.384. The number of hydrogen-bond acceptors (Lipinski definition) is 3. The van der Waals surface area contributed by atoms with Crippen LogP contribution in [-0.4, -0.2) is 11.0 Å².